The maximum absolute atomic E-state index is 13.0. The first-order valence-corrected chi connectivity index (χ1v) is 9.44. The first-order valence-electron chi connectivity index (χ1n) is 9.06. The van der Waals surface area contributed by atoms with Gasteiger partial charge in [-0.3, -0.25) is 14.6 Å². The van der Waals surface area contributed by atoms with E-state index in [1.165, 1.54) is 12.1 Å². The normalized spacial score (nSPS) is 16.0. The number of carbonyl (C=O) groups excluding carboxylic acids is 1. The van der Waals surface area contributed by atoms with Crippen LogP contribution in [0.15, 0.2) is 42.5 Å². The number of alkyl halides is 3. The summed E-state index contributed by atoms with van der Waals surface area (Å²) >= 11 is 5.91. The Labute approximate surface area is 171 Å². The number of amides is 1. The predicted molar refractivity (Wildman–Crippen MR) is 103 cm³/mol. The van der Waals surface area contributed by atoms with Crippen molar-refractivity contribution in [1.82, 2.24) is 9.80 Å². The highest BCUT2D eigenvalue weighted by Crippen LogP contribution is 2.33. The van der Waals surface area contributed by atoms with Gasteiger partial charge in [-0.05, 0) is 35.9 Å². The number of hydrogen-bond donors (Lipinski definition) is 1. The Balaban J connectivity index is 1.49. The van der Waals surface area contributed by atoms with Gasteiger partial charge in [-0.15, -0.1) is 0 Å². The van der Waals surface area contributed by atoms with Crippen molar-refractivity contribution in [3.05, 3.63) is 64.4 Å². The molecule has 2 aromatic rings. The molecule has 0 aromatic heterocycles. The van der Waals surface area contributed by atoms with E-state index in [1.807, 2.05) is 4.90 Å². The molecule has 0 atom stereocenters. The van der Waals surface area contributed by atoms with Crippen molar-refractivity contribution in [1.29, 1.82) is 0 Å². The number of benzene rings is 2. The summed E-state index contributed by atoms with van der Waals surface area (Å²) in [7, 11) is 0. The minimum atomic E-state index is -4.51. The molecule has 0 unspecified atom stereocenters. The highest BCUT2D eigenvalue weighted by molar-refractivity contribution is 6.33. The smallest absolute Gasteiger partial charge is 0.324 e. The van der Waals surface area contributed by atoms with E-state index >= 15 is 0 Å². The average molecular weight is 430 g/mol. The summed E-state index contributed by atoms with van der Waals surface area (Å²) in [6, 6.07) is 9.17. The van der Waals surface area contributed by atoms with Gasteiger partial charge >= 0.3 is 6.18 Å². The highest BCUT2D eigenvalue weighted by Gasteiger charge is 2.31. The second-order valence-electron chi connectivity index (χ2n) is 6.92. The molecule has 0 radical (unpaired) electrons. The second-order valence-corrected chi connectivity index (χ2v) is 7.33. The first kappa shape index (κ1) is 21.5. The topological polar surface area (TPSA) is 35.6 Å². The van der Waals surface area contributed by atoms with Gasteiger partial charge in [-0.2, -0.15) is 13.2 Å². The van der Waals surface area contributed by atoms with E-state index < -0.39 is 17.6 Å². The SMILES string of the molecule is O=C(CN1CCN(Cc2ccc(F)cc2)CC1)Nc1cc(C(F)(F)F)ccc1Cl. The fourth-order valence-electron chi connectivity index (χ4n) is 3.14. The molecule has 1 heterocycles. The van der Waals surface area contributed by atoms with Crippen LogP contribution in [0.4, 0.5) is 23.2 Å². The molecule has 1 fully saturated rings. The summed E-state index contributed by atoms with van der Waals surface area (Å²) in [4.78, 5) is 16.4. The molecule has 1 N–H and O–H groups in total. The minimum absolute atomic E-state index is 0.0514. The molecule has 1 saturated heterocycles. The quantitative estimate of drug-likeness (QED) is 0.722. The molecule has 3 rings (SSSR count). The van der Waals surface area contributed by atoms with Gasteiger partial charge in [0.2, 0.25) is 5.91 Å². The van der Waals surface area contributed by atoms with E-state index in [9.17, 15) is 22.4 Å². The van der Waals surface area contributed by atoms with Crippen LogP contribution in [0.3, 0.4) is 0 Å². The Morgan fingerprint density at radius 2 is 1.62 bits per heavy atom. The maximum atomic E-state index is 13.0. The lowest BCUT2D eigenvalue weighted by atomic mass is 10.2. The third-order valence-electron chi connectivity index (χ3n) is 4.72. The zero-order valence-electron chi connectivity index (χ0n) is 15.5. The van der Waals surface area contributed by atoms with Crippen LogP contribution in [0, 0.1) is 5.82 Å². The fraction of sp³-hybridized carbons (Fsp3) is 0.350. The summed E-state index contributed by atoms with van der Waals surface area (Å²) in [6.07, 6.45) is -4.51. The lowest BCUT2D eigenvalue weighted by molar-refractivity contribution is -0.137. The minimum Gasteiger partial charge on any atom is -0.324 e. The lowest BCUT2D eigenvalue weighted by Gasteiger charge is -2.34. The molecule has 9 heteroatoms. The van der Waals surface area contributed by atoms with Crippen LogP contribution in [0.2, 0.25) is 5.02 Å². The molecule has 4 nitrogen and oxygen atoms in total. The Morgan fingerprint density at radius 3 is 2.24 bits per heavy atom. The third kappa shape index (κ3) is 6.16. The van der Waals surface area contributed by atoms with Gasteiger partial charge in [0.1, 0.15) is 5.82 Å². The molecule has 1 aliphatic heterocycles. The Bertz CT molecular complexity index is 850. The van der Waals surface area contributed by atoms with Crippen molar-refractivity contribution in [2.45, 2.75) is 12.7 Å². The molecule has 29 heavy (non-hydrogen) atoms. The van der Waals surface area contributed by atoms with Crippen LogP contribution in [0.5, 0.6) is 0 Å². The lowest BCUT2D eigenvalue weighted by Crippen LogP contribution is -2.48. The number of nitrogens with one attached hydrogen (secondary N) is 1. The highest BCUT2D eigenvalue weighted by atomic mass is 35.5. The predicted octanol–water partition coefficient (Wildman–Crippen LogP) is 4.25. The monoisotopic (exact) mass is 429 g/mol. The van der Waals surface area contributed by atoms with Gasteiger partial charge in [-0.1, -0.05) is 23.7 Å². The van der Waals surface area contributed by atoms with Crippen LogP contribution < -0.4 is 5.32 Å². The Hall–Kier alpha value is -2.16. The summed E-state index contributed by atoms with van der Waals surface area (Å²) in [6.45, 7) is 3.51. The number of rotatable bonds is 5. The molecule has 2 aromatic carbocycles. The van der Waals surface area contributed by atoms with Crippen LogP contribution in [-0.4, -0.2) is 48.4 Å². The number of halogens is 5. The van der Waals surface area contributed by atoms with Crippen molar-refractivity contribution >= 4 is 23.2 Å². The summed E-state index contributed by atoms with van der Waals surface area (Å²) in [5.74, 6) is -0.691. The molecule has 0 bridgehead atoms. The molecule has 156 valence electrons. The zero-order valence-corrected chi connectivity index (χ0v) is 16.2. The van der Waals surface area contributed by atoms with Crippen LogP contribution in [0.1, 0.15) is 11.1 Å². The molecule has 0 spiro atoms. The molecule has 0 saturated carbocycles. The number of hydrogen-bond acceptors (Lipinski definition) is 3. The zero-order chi connectivity index (χ0) is 21.0. The van der Waals surface area contributed by atoms with Crippen molar-refractivity contribution < 1.29 is 22.4 Å². The van der Waals surface area contributed by atoms with E-state index in [4.69, 9.17) is 11.6 Å². The van der Waals surface area contributed by atoms with Gasteiger partial charge < -0.3 is 5.32 Å². The van der Waals surface area contributed by atoms with Gasteiger partial charge in [-0.25, -0.2) is 4.39 Å². The van der Waals surface area contributed by atoms with Gasteiger partial charge in [0.05, 0.1) is 22.8 Å². The first-order chi connectivity index (χ1) is 13.7. The number of carbonyl (C=O) groups is 1. The van der Waals surface area contributed by atoms with Crippen LogP contribution >= 0.6 is 11.6 Å². The largest absolute Gasteiger partial charge is 0.416 e. The van der Waals surface area contributed by atoms with Crippen LogP contribution in [0.25, 0.3) is 0 Å². The van der Waals surface area contributed by atoms with Crippen molar-refractivity contribution in [3.8, 4) is 0 Å². The number of nitrogens with zero attached hydrogens (tertiary/aromatic N) is 2. The number of piperazine rings is 1. The summed E-state index contributed by atoms with van der Waals surface area (Å²) in [5, 5.41) is 2.52. The maximum Gasteiger partial charge on any atom is 0.416 e. The number of anilines is 1. The van der Waals surface area contributed by atoms with E-state index in [0.717, 1.165) is 36.9 Å². The van der Waals surface area contributed by atoms with E-state index in [2.05, 4.69) is 10.2 Å². The third-order valence-corrected chi connectivity index (χ3v) is 5.05. The fourth-order valence-corrected chi connectivity index (χ4v) is 3.31. The Morgan fingerprint density at radius 1 is 1.00 bits per heavy atom. The average Bonchev–Trinajstić information content (AvgIpc) is 2.66. The second kappa shape index (κ2) is 9.11. The Kier molecular flexibility index (Phi) is 6.77. The van der Waals surface area contributed by atoms with Gasteiger partial charge in [0.25, 0.3) is 0 Å². The molecule has 1 aliphatic rings. The molecule has 0 aliphatic carbocycles. The van der Waals surface area contributed by atoms with Crippen molar-refractivity contribution in [2.24, 2.45) is 0 Å². The standard InChI is InChI=1S/C20H20ClF4N3O/c21-17-6-3-15(20(23,24)25)11-18(17)26-19(29)13-28-9-7-27(8-10-28)12-14-1-4-16(22)5-2-14/h1-6,11H,7-10,12-13H2,(H,26,29). The van der Waals surface area contributed by atoms with Crippen LogP contribution in [-0.2, 0) is 17.5 Å². The van der Waals surface area contributed by atoms with E-state index in [1.54, 1.807) is 12.1 Å². The molecule has 1 amide bonds. The van der Waals surface area contributed by atoms with E-state index in [0.29, 0.717) is 19.6 Å². The summed E-state index contributed by atoms with van der Waals surface area (Å²) < 4.78 is 51.5. The van der Waals surface area contributed by atoms with E-state index in [-0.39, 0.29) is 23.1 Å². The summed E-state index contributed by atoms with van der Waals surface area (Å²) in [5.41, 5.74) is 0.0878. The molecular formula is C20H20ClF4N3O. The van der Waals surface area contributed by atoms with Crippen molar-refractivity contribution in [2.75, 3.05) is 38.0 Å². The van der Waals surface area contributed by atoms with Crippen molar-refractivity contribution in [3.63, 3.8) is 0 Å². The molecular weight excluding hydrogens is 410 g/mol. The van der Waals surface area contributed by atoms with Gasteiger partial charge in [0.15, 0.2) is 0 Å². The van der Waals surface area contributed by atoms with Gasteiger partial charge in [0, 0.05) is 32.7 Å².